The molecule has 1 aromatic rings. The van der Waals surface area contributed by atoms with Crippen LogP contribution in [0.25, 0.3) is 0 Å². The van der Waals surface area contributed by atoms with Gasteiger partial charge in [0.15, 0.2) is 12.6 Å². The first-order chi connectivity index (χ1) is 12.4. The van der Waals surface area contributed by atoms with Crippen molar-refractivity contribution >= 4 is 17.6 Å². The fourth-order valence-electron chi connectivity index (χ4n) is 4.12. The first-order valence-corrected chi connectivity index (χ1v) is 9.73. The van der Waals surface area contributed by atoms with Gasteiger partial charge >= 0.3 is 5.97 Å². The van der Waals surface area contributed by atoms with Crippen molar-refractivity contribution in [1.82, 2.24) is 0 Å². The van der Waals surface area contributed by atoms with Crippen LogP contribution >= 0.6 is 0 Å². The smallest absolute Gasteiger partial charge is 0.361 e. The molecule has 144 valence electrons. The molecular weight excluding hydrogens is 328 g/mol. The Balaban J connectivity index is 2.28. The van der Waals surface area contributed by atoms with Gasteiger partial charge in [-0.1, -0.05) is 31.5 Å². The Bertz CT molecular complexity index is 624. The van der Waals surface area contributed by atoms with Gasteiger partial charge in [0.2, 0.25) is 0 Å². The van der Waals surface area contributed by atoms with Crippen molar-refractivity contribution < 1.29 is 18.8 Å². The van der Waals surface area contributed by atoms with E-state index in [1.165, 1.54) is 7.11 Å². The lowest BCUT2D eigenvalue weighted by atomic mass is 9.95. The van der Waals surface area contributed by atoms with Crippen molar-refractivity contribution in [2.45, 2.75) is 58.9 Å². The summed E-state index contributed by atoms with van der Waals surface area (Å²) in [4.78, 5) is 25.4. The molecule has 0 spiro atoms. The summed E-state index contributed by atoms with van der Waals surface area (Å²) in [6.45, 7) is 8.15. The van der Waals surface area contributed by atoms with Gasteiger partial charge in [0.25, 0.3) is 5.91 Å². The number of methoxy groups -OCH3 is 1. The number of hydrogen-bond acceptors (Lipinski definition) is 3. The second kappa shape index (κ2) is 9.17. The summed E-state index contributed by atoms with van der Waals surface area (Å²) in [5.41, 5.74) is 3.03. The molecular formula is C21H33N2O3+. The molecule has 0 aliphatic carbocycles. The Kier molecular flexibility index (Phi) is 7.21. The van der Waals surface area contributed by atoms with E-state index < -0.39 is 0 Å². The largest absolute Gasteiger partial charge is 0.465 e. The summed E-state index contributed by atoms with van der Waals surface area (Å²) >= 11 is 0. The summed E-state index contributed by atoms with van der Waals surface area (Å²) < 4.78 is 5.48. The zero-order chi connectivity index (χ0) is 19.2. The molecule has 0 saturated carbocycles. The maximum absolute atomic E-state index is 13.2. The number of unbranched alkanes of at least 4 members (excludes halogenated alkanes) is 1. The van der Waals surface area contributed by atoms with Crippen LogP contribution in [0.4, 0.5) is 5.69 Å². The fourth-order valence-corrected chi connectivity index (χ4v) is 4.12. The normalized spacial score (nSPS) is 22.7. The van der Waals surface area contributed by atoms with Crippen LogP contribution in [0.3, 0.4) is 0 Å². The molecule has 1 aliphatic rings. The van der Waals surface area contributed by atoms with Gasteiger partial charge in [0.05, 0.1) is 20.2 Å². The summed E-state index contributed by atoms with van der Waals surface area (Å²) in [6, 6.07) is 5.82. The number of piperidine rings is 1. The number of quaternary nitrogens is 1. The number of amides is 1. The number of nitrogens with one attached hydrogen (secondary N) is 1. The molecule has 5 nitrogen and oxygen atoms in total. The average molecular weight is 362 g/mol. The lowest BCUT2D eigenvalue weighted by Crippen LogP contribution is -2.64. The van der Waals surface area contributed by atoms with Gasteiger partial charge in [0.1, 0.15) is 0 Å². The first-order valence-electron chi connectivity index (χ1n) is 9.73. The molecule has 1 aliphatic heterocycles. The van der Waals surface area contributed by atoms with Gasteiger partial charge in [-0.2, -0.15) is 0 Å². The number of nitrogens with zero attached hydrogens (tertiary/aromatic N) is 1. The quantitative estimate of drug-likeness (QED) is 0.596. The topological polar surface area (TPSA) is 55.4 Å². The van der Waals surface area contributed by atoms with Crippen LogP contribution in [-0.2, 0) is 14.3 Å². The summed E-state index contributed by atoms with van der Waals surface area (Å²) in [5.74, 6) is -0.199. The van der Waals surface area contributed by atoms with Gasteiger partial charge < -0.3 is 14.5 Å². The Morgan fingerprint density at radius 2 is 1.92 bits per heavy atom. The minimum atomic E-state index is -0.229. The predicted octanol–water partition coefficient (Wildman–Crippen LogP) is 3.58. The zero-order valence-electron chi connectivity index (χ0n) is 16.6. The number of hydrogen-bond donors (Lipinski definition) is 1. The summed E-state index contributed by atoms with van der Waals surface area (Å²) in [7, 11) is 1.42. The number of rotatable bonds is 7. The molecule has 26 heavy (non-hydrogen) atoms. The minimum Gasteiger partial charge on any atom is -0.465 e. The summed E-state index contributed by atoms with van der Waals surface area (Å²) in [5, 5.41) is 3.16. The van der Waals surface area contributed by atoms with Crippen molar-refractivity contribution in [3.05, 3.63) is 29.3 Å². The van der Waals surface area contributed by atoms with Crippen molar-refractivity contribution in [2.75, 3.05) is 32.1 Å². The lowest BCUT2D eigenvalue weighted by molar-refractivity contribution is -0.940. The molecule has 1 amide bonds. The Morgan fingerprint density at radius 3 is 2.54 bits per heavy atom. The van der Waals surface area contributed by atoms with E-state index in [0.29, 0.717) is 4.48 Å². The second-order valence-corrected chi connectivity index (χ2v) is 7.52. The molecule has 1 fully saturated rings. The first kappa shape index (κ1) is 20.4. The molecule has 1 heterocycles. The maximum Gasteiger partial charge on any atom is 0.361 e. The minimum absolute atomic E-state index is 0.0297. The van der Waals surface area contributed by atoms with Crippen LogP contribution < -0.4 is 5.32 Å². The Morgan fingerprint density at radius 1 is 1.23 bits per heavy atom. The molecule has 0 aromatic heterocycles. The van der Waals surface area contributed by atoms with Gasteiger partial charge in [-0.25, -0.2) is 4.79 Å². The van der Waals surface area contributed by atoms with E-state index in [9.17, 15) is 9.59 Å². The molecule has 0 bridgehead atoms. The van der Waals surface area contributed by atoms with E-state index in [4.69, 9.17) is 4.74 Å². The average Bonchev–Trinajstić information content (AvgIpc) is 2.63. The monoisotopic (exact) mass is 361 g/mol. The van der Waals surface area contributed by atoms with Crippen molar-refractivity contribution in [2.24, 2.45) is 0 Å². The van der Waals surface area contributed by atoms with E-state index >= 15 is 0 Å². The fraction of sp³-hybridized carbons (Fsp3) is 0.619. The van der Waals surface area contributed by atoms with Gasteiger partial charge in [-0.15, -0.1) is 0 Å². The van der Waals surface area contributed by atoms with E-state index in [-0.39, 0.29) is 24.5 Å². The van der Waals surface area contributed by atoms with E-state index in [1.54, 1.807) is 0 Å². The third-order valence-electron chi connectivity index (χ3n) is 5.65. The van der Waals surface area contributed by atoms with Crippen molar-refractivity contribution in [1.29, 1.82) is 0 Å². The van der Waals surface area contributed by atoms with Crippen LogP contribution in [0.2, 0.25) is 0 Å². The molecule has 1 saturated heterocycles. The molecule has 5 heteroatoms. The number of ether oxygens (including phenoxy) is 1. The van der Waals surface area contributed by atoms with Crippen LogP contribution in [0, 0.1) is 13.8 Å². The number of para-hydroxylation sites is 1. The third kappa shape index (κ3) is 4.64. The third-order valence-corrected chi connectivity index (χ3v) is 5.65. The highest BCUT2D eigenvalue weighted by molar-refractivity contribution is 5.95. The van der Waals surface area contributed by atoms with Gasteiger partial charge in [-0.3, -0.25) is 4.79 Å². The second-order valence-electron chi connectivity index (χ2n) is 7.52. The predicted molar refractivity (Wildman–Crippen MR) is 104 cm³/mol. The van der Waals surface area contributed by atoms with Crippen molar-refractivity contribution in [3.63, 3.8) is 0 Å². The number of likely N-dealkylation sites (tertiary alicyclic amines) is 1. The van der Waals surface area contributed by atoms with Gasteiger partial charge in [-0.05, 0) is 44.2 Å². The number of carbonyl (C=O) groups is 2. The summed E-state index contributed by atoms with van der Waals surface area (Å²) in [6.07, 6.45) is 4.94. The SMILES string of the molecule is CCCC[N@+]1(CC(=O)OC)CCCC[C@@H]1C(=O)Nc1c(C)cccc1C. The van der Waals surface area contributed by atoms with Gasteiger partial charge in [0, 0.05) is 12.1 Å². The van der Waals surface area contributed by atoms with E-state index in [2.05, 4.69) is 12.2 Å². The Labute approximate surface area is 157 Å². The highest BCUT2D eigenvalue weighted by atomic mass is 16.5. The van der Waals surface area contributed by atoms with Crippen LogP contribution in [0.15, 0.2) is 18.2 Å². The zero-order valence-corrected chi connectivity index (χ0v) is 16.6. The number of aryl methyl sites for hydroxylation is 2. The number of esters is 1. The van der Waals surface area contributed by atoms with Crippen LogP contribution in [-0.4, -0.2) is 49.1 Å². The van der Waals surface area contributed by atoms with Crippen molar-refractivity contribution in [3.8, 4) is 0 Å². The highest BCUT2D eigenvalue weighted by Crippen LogP contribution is 2.29. The molecule has 1 aromatic carbocycles. The number of benzene rings is 1. The number of carbonyl (C=O) groups excluding carboxylic acids is 2. The van der Waals surface area contributed by atoms with Crippen LogP contribution in [0.5, 0.6) is 0 Å². The van der Waals surface area contributed by atoms with Crippen LogP contribution in [0.1, 0.15) is 50.2 Å². The molecule has 1 N–H and O–H groups in total. The molecule has 0 radical (unpaired) electrons. The molecule has 0 unspecified atom stereocenters. The van der Waals surface area contributed by atoms with E-state index in [0.717, 1.165) is 62.0 Å². The number of anilines is 1. The molecule has 2 rings (SSSR count). The standard InChI is InChI=1S/C21H32N2O3/c1-5-6-13-23(15-19(24)26-4)14-8-7-12-18(23)21(25)22-20-16(2)10-9-11-17(20)3/h9-11,18H,5-8,12-15H2,1-4H3/p+1/t18-,23-/m1/s1. The molecule has 2 atom stereocenters. The van der Waals surface area contributed by atoms with E-state index in [1.807, 2.05) is 32.0 Å². The Hall–Kier alpha value is -1.88. The lowest BCUT2D eigenvalue weighted by Gasteiger charge is -2.46. The maximum atomic E-state index is 13.2. The highest BCUT2D eigenvalue weighted by Gasteiger charge is 2.45.